The molecular formula is C11H9N3OS. The van der Waals surface area contributed by atoms with Gasteiger partial charge in [-0.05, 0) is 18.1 Å². The number of pyridine rings is 1. The Kier molecular flexibility index (Phi) is 3.13. The van der Waals surface area contributed by atoms with E-state index in [1.165, 1.54) is 0 Å². The van der Waals surface area contributed by atoms with Crippen molar-refractivity contribution < 1.29 is 4.21 Å². The second-order valence-corrected chi connectivity index (χ2v) is 4.18. The molecule has 0 spiro atoms. The largest absolute Gasteiger partial charge is 0.262 e. The van der Waals surface area contributed by atoms with Gasteiger partial charge in [0.1, 0.15) is 0 Å². The van der Waals surface area contributed by atoms with Gasteiger partial charge >= 0.3 is 0 Å². The summed E-state index contributed by atoms with van der Waals surface area (Å²) in [5.41, 5.74) is 1.60. The van der Waals surface area contributed by atoms with E-state index in [-0.39, 0.29) is 0 Å². The molecule has 5 heteroatoms. The highest BCUT2D eigenvalue weighted by Gasteiger charge is 1.97. The van der Waals surface area contributed by atoms with Crippen molar-refractivity contribution in [3.05, 3.63) is 42.5 Å². The van der Waals surface area contributed by atoms with Gasteiger partial charge in [0.15, 0.2) is 0 Å². The molecule has 16 heavy (non-hydrogen) atoms. The fourth-order valence-corrected chi connectivity index (χ4v) is 1.41. The molecule has 2 aromatic heterocycles. The van der Waals surface area contributed by atoms with Crippen LogP contribution in [0, 0.1) is 11.2 Å². The summed E-state index contributed by atoms with van der Waals surface area (Å²) in [7, 11) is -1.11. The van der Waals surface area contributed by atoms with Gasteiger partial charge in [-0.1, -0.05) is 0 Å². The maximum Gasteiger partial charge on any atom is 0.0946 e. The molecule has 2 aromatic rings. The highest BCUT2D eigenvalue weighted by atomic mass is 32.2. The van der Waals surface area contributed by atoms with Gasteiger partial charge in [-0.25, -0.2) is 8.89 Å². The lowest BCUT2D eigenvalue weighted by molar-refractivity contribution is 0.692. The molecule has 0 amide bonds. The van der Waals surface area contributed by atoms with Gasteiger partial charge in [-0.3, -0.25) is 4.98 Å². The molecule has 0 saturated carbocycles. The van der Waals surface area contributed by atoms with Gasteiger partial charge in [0.25, 0.3) is 0 Å². The maximum absolute atomic E-state index is 10.8. The number of hydrogen-bond donors (Lipinski definition) is 0. The van der Waals surface area contributed by atoms with Crippen molar-refractivity contribution in [1.29, 1.82) is 0 Å². The molecule has 0 aliphatic carbocycles. The van der Waals surface area contributed by atoms with Crippen LogP contribution in [0.15, 0.2) is 36.9 Å². The van der Waals surface area contributed by atoms with Crippen LogP contribution in [0.25, 0.3) is 5.69 Å². The second kappa shape index (κ2) is 4.73. The third-order valence-electron chi connectivity index (χ3n) is 1.83. The topological polar surface area (TPSA) is 47.8 Å². The number of hydrogen-bond acceptors (Lipinski definition) is 3. The van der Waals surface area contributed by atoms with E-state index in [1.54, 1.807) is 35.7 Å². The molecule has 2 rings (SSSR count). The normalized spacial score (nSPS) is 11.6. The van der Waals surface area contributed by atoms with E-state index < -0.39 is 10.8 Å². The number of aromatic nitrogens is 3. The molecule has 2 heterocycles. The lowest BCUT2D eigenvalue weighted by Crippen LogP contribution is -1.93. The average molecular weight is 231 g/mol. The zero-order valence-electron chi connectivity index (χ0n) is 8.62. The first-order valence-electron chi connectivity index (χ1n) is 4.56. The van der Waals surface area contributed by atoms with E-state index in [4.69, 9.17) is 0 Å². The first kappa shape index (κ1) is 10.6. The lowest BCUT2D eigenvalue weighted by atomic mass is 10.4. The summed E-state index contributed by atoms with van der Waals surface area (Å²) < 4.78 is 12.5. The maximum atomic E-state index is 10.8. The molecule has 0 bridgehead atoms. The van der Waals surface area contributed by atoms with Crippen molar-refractivity contribution in [2.45, 2.75) is 0 Å². The molecule has 0 N–H and O–H groups in total. The Labute approximate surface area is 95.8 Å². The van der Waals surface area contributed by atoms with Crippen LogP contribution in [0.2, 0.25) is 0 Å². The molecular weight excluding hydrogens is 222 g/mol. The average Bonchev–Trinajstić information content (AvgIpc) is 2.76. The smallest absolute Gasteiger partial charge is 0.0946 e. The molecule has 0 saturated heterocycles. The van der Waals surface area contributed by atoms with E-state index in [0.29, 0.717) is 0 Å². The van der Waals surface area contributed by atoms with Crippen molar-refractivity contribution >= 4 is 10.8 Å². The van der Waals surface area contributed by atoms with Crippen molar-refractivity contribution in [2.24, 2.45) is 0 Å². The van der Waals surface area contributed by atoms with Gasteiger partial charge in [-0.2, -0.15) is 5.10 Å². The van der Waals surface area contributed by atoms with Gasteiger partial charge in [0.2, 0.25) is 0 Å². The molecule has 4 nitrogen and oxygen atoms in total. The minimum atomic E-state index is -1.11. The van der Waals surface area contributed by atoms with Crippen LogP contribution in [0.3, 0.4) is 0 Å². The third kappa shape index (κ3) is 2.55. The molecule has 1 unspecified atom stereocenters. The first-order chi connectivity index (χ1) is 7.75. The summed E-state index contributed by atoms with van der Waals surface area (Å²) in [6, 6.07) is 3.73. The van der Waals surface area contributed by atoms with Gasteiger partial charge < -0.3 is 0 Å². The number of nitrogens with zero attached hydrogens (tertiary/aromatic N) is 3. The molecule has 1 atom stereocenters. The van der Waals surface area contributed by atoms with Crippen molar-refractivity contribution in [1.82, 2.24) is 14.8 Å². The van der Waals surface area contributed by atoms with Gasteiger partial charge in [0.05, 0.1) is 34.4 Å². The quantitative estimate of drug-likeness (QED) is 0.687. The van der Waals surface area contributed by atoms with E-state index in [1.807, 2.05) is 12.1 Å². The molecule has 0 aliphatic rings. The Morgan fingerprint density at radius 2 is 2.31 bits per heavy atom. The van der Waals surface area contributed by atoms with Crippen molar-refractivity contribution in [3.63, 3.8) is 0 Å². The SMILES string of the molecule is CS(=O)C#Cc1cnn(-c2cccnc2)c1. The Balaban J connectivity index is 2.28. The fourth-order valence-electron chi connectivity index (χ4n) is 1.15. The molecule has 0 aliphatic heterocycles. The fraction of sp³-hybridized carbons (Fsp3) is 0.0909. The zero-order chi connectivity index (χ0) is 11.4. The Morgan fingerprint density at radius 1 is 1.44 bits per heavy atom. The summed E-state index contributed by atoms with van der Waals surface area (Å²) in [5.74, 6) is 2.78. The summed E-state index contributed by atoms with van der Waals surface area (Å²) in [6.07, 6.45) is 8.36. The highest BCUT2D eigenvalue weighted by Crippen LogP contribution is 2.05. The standard InChI is InChI=1S/C11H9N3OS/c1-16(15)6-4-10-7-13-14(9-10)11-3-2-5-12-8-11/h2-3,5,7-9H,1H3. The second-order valence-electron chi connectivity index (χ2n) is 3.07. The van der Waals surface area contributed by atoms with Crippen LogP contribution in [0.5, 0.6) is 0 Å². The minimum absolute atomic E-state index is 0.735. The Morgan fingerprint density at radius 3 is 3.00 bits per heavy atom. The van der Waals surface area contributed by atoms with Crippen LogP contribution in [0.1, 0.15) is 5.56 Å². The Bertz CT molecular complexity index is 566. The van der Waals surface area contributed by atoms with Crippen LogP contribution >= 0.6 is 0 Å². The zero-order valence-corrected chi connectivity index (χ0v) is 9.44. The molecule has 80 valence electrons. The number of rotatable bonds is 1. The summed E-state index contributed by atoms with van der Waals surface area (Å²) >= 11 is 0. The summed E-state index contributed by atoms with van der Waals surface area (Å²) in [4.78, 5) is 4.00. The van der Waals surface area contributed by atoms with Gasteiger partial charge in [-0.15, -0.1) is 0 Å². The van der Waals surface area contributed by atoms with E-state index in [2.05, 4.69) is 21.3 Å². The molecule has 0 aromatic carbocycles. The molecule has 0 fully saturated rings. The summed E-state index contributed by atoms with van der Waals surface area (Å²) in [6.45, 7) is 0. The van der Waals surface area contributed by atoms with E-state index in [0.717, 1.165) is 11.3 Å². The monoisotopic (exact) mass is 231 g/mol. The Hall–Kier alpha value is -1.93. The minimum Gasteiger partial charge on any atom is -0.262 e. The van der Waals surface area contributed by atoms with Crippen molar-refractivity contribution in [3.8, 4) is 16.9 Å². The van der Waals surface area contributed by atoms with Crippen LogP contribution in [-0.2, 0) is 10.8 Å². The van der Waals surface area contributed by atoms with Crippen LogP contribution in [0.4, 0.5) is 0 Å². The summed E-state index contributed by atoms with van der Waals surface area (Å²) in [5, 5.41) is 6.72. The van der Waals surface area contributed by atoms with Crippen LogP contribution < -0.4 is 0 Å². The lowest BCUT2D eigenvalue weighted by Gasteiger charge is -1.97. The van der Waals surface area contributed by atoms with E-state index >= 15 is 0 Å². The predicted octanol–water partition coefficient (Wildman–Crippen LogP) is 0.955. The van der Waals surface area contributed by atoms with E-state index in [9.17, 15) is 4.21 Å². The third-order valence-corrected chi connectivity index (χ3v) is 2.22. The first-order valence-corrected chi connectivity index (χ1v) is 6.11. The van der Waals surface area contributed by atoms with Crippen LogP contribution in [-0.4, -0.2) is 25.2 Å². The molecule has 0 radical (unpaired) electrons. The highest BCUT2D eigenvalue weighted by molar-refractivity contribution is 7.89. The van der Waals surface area contributed by atoms with Crippen molar-refractivity contribution in [2.75, 3.05) is 6.26 Å². The predicted molar refractivity (Wildman–Crippen MR) is 62.3 cm³/mol. The van der Waals surface area contributed by atoms with Gasteiger partial charge in [0, 0.05) is 23.9 Å².